The molecule has 0 saturated carbocycles. The lowest BCUT2D eigenvalue weighted by Crippen LogP contribution is -2.00. The summed E-state index contributed by atoms with van der Waals surface area (Å²) in [5.74, 6) is 0. The molecule has 0 aliphatic carbocycles. The number of aryl methyl sites for hydroxylation is 2. The highest BCUT2D eigenvalue weighted by molar-refractivity contribution is 4.92. The fraction of sp³-hybridized carbons (Fsp3) is 0.800. The molecule has 0 amide bonds. The van der Waals surface area contributed by atoms with Gasteiger partial charge < -0.3 is 10.8 Å². The second-order valence-electron chi connectivity index (χ2n) is 3.65. The van der Waals surface area contributed by atoms with Crippen LogP contribution in [0.4, 0.5) is 0 Å². The van der Waals surface area contributed by atoms with Crippen molar-refractivity contribution >= 4 is 0 Å². The maximum Gasteiger partial charge on any atom is 0.0827 e. The minimum atomic E-state index is 0.277. The van der Waals surface area contributed by atoms with Crippen LogP contribution in [0.3, 0.4) is 0 Å². The highest BCUT2D eigenvalue weighted by atomic mass is 16.2. The standard InChI is InChI=1S/C10H20N4O/c11-6-4-5-10-9-14(13-12-10)7-2-1-3-8-15/h9,15H,1-8,11H2. The van der Waals surface area contributed by atoms with Gasteiger partial charge in [0, 0.05) is 19.3 Å². The molecule has 0 unspecified atom stereocenters. The Kier molecular flexibility index (Phi) is 5.96. The number of aromatic nitrogens is 3. The number of nitrogens with zero attached hydrogens (tertiary/aromatic N) is 3. The lowest BCUT2D eigenvalue weighted by molar-refractivity contribution is 0.281. The van der Waals surface area contributed by atoms with Crippen LogP contribution in [0.1, 0.15) is 31.4 Å². The molecular formula is C10H20N4O. The Balaban J connectivity index is 2.20. The summed E-state index contributed by atoms with van der Waals surface area (Å²) < 4.78 is 1.86. The van der Waals surface area contributed by atoms with Crippen LogP contribution in [0.5, 0.6) is 0 Å². The Labute approximate surface area is 90.3 Å². The average molecular weight is 212 g/mol. The molecule has 5 nitrogen and oxygen atoms in total. The van der Waals surface area contributed by atoms with Gasteiger partial charge in [0.1, 0.15) is 0 Å². The highest BCUT2D eigenvalue weighted by Crippen LogP contribution is 2.00. The summed E-state index contributed by atoms with van der Waals surface area (Å²) >= 11 is 0. The number of unbranched alkanes of at least 4 members (excludes halogenated alkanes) is 2. The largest absolute Gasteiger partial charge is 0.396 e. The first-order chi connectivity index (χ1) is 7.36. The summed E-state index contributed by atoms with van der Waals surface area (Å²) in [6.45, 7) is 1.86. The molecule has 0 bridgehead atoms. The quantitative estimate of drug-likeness (QED) is 0.609. The van der Waals surface area contributed by atoms with Crippen molar-refractivity contribution < 1.29 is 5.11 Å². The average Bonchev–Trinajstić information content (AvgIpc) is 2.69. The number of aliphatic hydroxyl groups excluding tert-OH is 1. The summed E-state index contributed by atoms with van der Waals surface area (Å²) in [7, 11) is 0. The van der Waals surface area contributed by atoms with Gasteiger partial charge in [0.2, 0.25) is 0 Å². The third-order valence-electron chi connectivity index (χ3n) is 2.27. The van der Waals surface area contributed by atoms with Gasteiger partial charge in [-0.3, -0.25) is 4.68 Å². The molecule has 0 saturated heterocycles. The van der Waals surface area contributed by atoms with Gasteiger partial charge in [-0.05, 0) is 38.6 Å². The van der Waals surface area contributed by atoms with Crippen LogP contribution >= 0.6 is 0 Å². The first-order valence-electron chi connectivity index (χ1n) is 5.56. The van der Waals surface area contributed by atoms with E-state index in [0.717, 1.165) is 44.3 Å². The Morgan fingerprint density at radius 1 is 1.27 bits per heavy atom. The molecule has 0 aromatic carbocycles. The van der Waals surface area contributed by atoms with Crippen molar-refractivity contribution in [3.63, 3.8) is 0 Å². The maximum atomic E-state index is 8.62. The molecule has 0 radical (unpaired) electrons. The SMILES string of the molecule is NCCCc1cn(CCCCCO)nn1. The van der Waals surface area contributed by atoms with E-state index in [1.165, 1.54) is 0 Å². The van der Waals surface area contributed by atoms with Crippen molar-refractivity contribution in [2.24, 2.45) is 5.73 Å². The van der Waals surface area contributed by atoms with Crippen LogP contribution in [-0.2, 0) is 13.0 Å². The minimum absolute atomic E-state index is 0.277. The van der Waals surface area contributed by atoms with Gasteiger partial charge in [0.25, 0.3) is 0 Å². The van der Waals surface area contributed by atoms with Crippen molar-refractivity contribution in [2.75, 3.05) is 13.2 Å². The van der Waals surface area contributed by atoms with E-state index in [1.54, 1.807) is 0 Å². The van der Waals surface area contributed by atoms with Crippen LogP contribution in [0.15, 0.2) is 6.20 Å². The van der Waals surface area contributed by atoms with Crippen LogP contribution in [-0.4, -0.2) is 33.3 Å². The van der Waals surface area contributed by atoms with E-state index in [0.29, 0.717) is 6.54 Å². The van der Waals surface area contributed by atoms with Gasteiger partial charge in [-0.25, -0.2) is 0 Å². The van der Waals surface area contributed by atoms with Crippen molar-refractivity contribution in [2.45, 2.75) is 38.6 Å². The Morgan fingerprint density at radius 3 is 2.87 bits per heavy atom. The molecule has 0 aliphatic heterocycles. The normalized spacial score (nSPS) is 10.8. The topological polar surface area (TPSA) is 77.0 Å². The Hall–Kier alpha value is -0.940. The molecule has 0 fully saturated rings. The fourth-order valence-electron chi connectivity index (χ4n) is 1.41. The van der Waals surface area contributed by atoms with Gasteiger partial charge in [-0.2, -0.15) is 0 Å². The molecule has 1 heterocycles. The van der Waals surface area contributed by atoms with Crippen molar-refractivity contribution in [1.29, 1.82) is 0 Å². The highest BCUT2D eigenvalue weighted by Gasteiger charge is 1.99. The lowest BCUT2D eigenvalue weighted by Gasteiger charge is -1.98. The van der Waals surface area contributed by atoms with Crippen molar-refractivity contribution in [1.82, 2.24) is 15.0 Å². The zero-order valence-corrected chi connectivity index (χ0v) is 9.10. The molecule has 0 atom stereocenters. The second-order valence-corrected chi connectivity index (χ2v) is 3.65. The molecule has 0 aliphatic rings. The van der Waals surface area contributed by atoms with Gasteiger partial charge in [0.05, 0.1) is 5.69 Å². The number of aliphatic hydroxyl groups is 1. The van der Waals surface area contributed by atoms with Crippen LogP contribution in [0.25, 0.3) is 0 Å². The number of hydrogen-bond acceptors (Lipinski definition) is 4. The third kappa shape index (κ3) is 4.90. The predicted molar refractivity (Wildman–Crippen MR) is 58.3 cm³/mol. The van der Waals surface area contributed by atoms with E-state index >= 15 is 0 Å². The molecule has 1 aromatic heterocycles. The maximum absolute atomic E-state index is 8.62. The summed E-state index contributed by atoms with van der Waals surface area (Å²) in [4.78, 5) is 0. The van der Waals surface area contributed by atoms with E-state index < -0.39 is 0 Å². The van der Waals surface area contributed by atoms with E-state index in [-0.39, 0.29) is 6.61 Å². The van der Waals surface area contributed by atoms with Crippen LogP contribution in [0.2, 0.25) is 0 Å². The van der Waals surface area contributed by atoms with E-state index in [2.05, 4.69) is 10.3 Å². The predicted octanol–water partition coefficient (Wildman–Crippen LogP) is 0.332. The molecule has 15 heavy (non-hydrogen) atoms. The molecule has 86 valence electrons. The molecular weight excluding hydrogens is 192 g/mol. The smallest absolute Gasteiger partial charge is 0.0827 e. The van der Waals surface area contributed by atoms with E-state index in [9.17, 15) is 0 Å². The van der Waals surface area contributed by atoms with Crippen LogP contribution in [0, 0.1) is 0 Å². The third-order valence-corrected chi connectivity index (χ3v) is 2.27. The number of rotatable bonds is 8. The van der Waals surface area contributed by atoms with Crippen molar-refractivity contribution in [3.05, 3.63) is 11.9 Å². The lowest BCUT2D eigenvalue weighted by atomic mass is 10.2. The van der Waals surface area contributed by atoms with Crippen molar-refractivity contribution in [3.8, 4) is 0 Å². The molecule has 1 aromatic rings. The zero-order chi connectivity index (χ0) is 10.9. The fourth-order valence-corrected chi connectivity index (χ4v) is 1.41. The second kappa shape index (κ2) is 7.36. The summed E-state index contributed by atoms with van der Waals surface area (Å²) in [6, 6.07) is 0. The molecule has 5 heteroatoms. The van der Waals surface area contributed by atoms with E-state index in [1.807, 2.05) is 10.9 Å². The first kappa shape index (κ1) is 12.1. The minimum Gasteiger partial charge on any atom is -0.396 e. The molecule has 3 N–H and O–H groups in total. The first-order valence-corrected chi connectivity index (χ1v) is 5.56. The van der Waals surface area contributed by atoms with Gasteiger partial charge in [-0.1, -0.05) is 5.21 Å². The molecule has 1 rings (SSSR count). The Bertz CT molecular complexity index is 262. The number of nitrogens with two attached hydrogens (primary N) is 1. The summed E-state index contributed by atoms with van der Waals surface area (Å²) in [5.41, 5.74) is 6.43. The van der Waals surface area contributed by atoms with E-state index in [4.69, 9.17) is 10.8 Å². The number of hydrogen-bond donors (Lipinski definition) is 2. The zero-order valence-electron chi connectivity index (χ0n) is 9.10. The van der Waals surface area contributed by atoms with Gasteiger partial charge in [-0.15, -0.1) is 5.10 Å². The Morgan fingerprint density at radius 2 is 2.13 bits per heavy atom. The summed E-state index contributed by atoms with van der Waals surface area (Å²) in [6.07, 6.45) is 6.80. The monoisotopic (exact) mass is 212 g/mol. The van der Waals surface area contributed by atoms with Gasteiger partial charge in [0.15, 0.2) is 0 Å². The molecule has 0 spiro atoms. The van der Waals surface area contributed by atoms with Gasteiger partial charge >= 0.3 is 0 Å². The summed E-state index contributed by atoms with van der Waals surface area (Å²) in [5, 5.41) is 16.7. The van der Waals surface area contributed by atoms with Crippen LogP contribution < -0.4 is 5.73 Å².